The molecule has 1 aliphatic carbocycles. The van der Waals surface area contributed by atoms with Crippen LogP contribution in [0.2, 0.25) is 0 Å². The summed E-state index contributed by atoms with van der Waals surface area (Å²) in [6, 6.07) is 0. The molecule has 3 atom stereocenters. The van der Waals surface area contributed by atoms with E-state index < -0.39 is 0 Å². The molecule has 3 unspecified atom stereocenters. The Bertz CT molecular complexity index is 266. The Kier molecular flexibility index (Phi) is 5.30. The standard InChI is InChI=1S/C17H34N2/c1-4-16-6-5-8-19(9-7-16)17(13-18)11-14(2)10-15(3)12-17/h14-16H,4-13,18H2,1-3H3. The number of nitrogens with two attached hydrogens (primary N) is 1. The van der Waals surface area contributed by atoms with E-state index in [0.29, 0.717) is 5.54 Å². The minimum atomic E-state index is 0.319. The monoisotopic (exact) mass is 266 g/mol. The Hall–Kier alpha value is -0.0800. The largest absolute Gasteiger partial charge is 0.329 e. The number of rotatable bonds is 3. The third-order valence-electron chi connectivity index (χ3n) is 5.74. The maximum absolute atomic E-state index is 6.27. The van der Waals surface area contributed by atoms with E-state index in [0.717, 1.165) is 24.3 Å². The van der Waals surface area contributed by atoms with Crippen LogP contribution in [-0.4, -0.2) is 30.1 Å². The molecule has 1 saturated carbocycles. The first-order valence-corrected chi connectivity index (χ1v) is 8.54. The smallest absolute Gasteiger partial charge is 0.0336 e. The maximum atomic E-state index is 6.27. The highest BCUT2D eigenvalue weighted by atomic mass is 15.2. The molecule has 0 bridgehead atoms. The minimum absolute atomic E-state index is 0.319. The van der Waals surface area contributed by atoms with Gasteiger partial charge in [0.05, 0.1) is 0 Å². The van der Waals surface area contributed by atoms with Gasteiger partial charge in [-0.3, -0.25) is 4.90 Å². The van der Waals surface area contributed by atoms with E-state index in [2.05, 4.69) is 25.7 Å². The van der Waals surface area contributed by atoms with Crippen LogP contribution in [0.15, 0.2) is 0 Å². The Labute approximate surface area is 120 Å². The van der Waals surface area contributed by atoms with Crippen LogP contribution in [0.3, 0.4) is 0 Å². The van der Waals surface area contributed by atoms with Gasteiger partial charge < -0.3 is 5.73 Å². The van der Waals surface area contributed by atoms with Gasteiger partial charge in [-0.05, 0) is 69.4 Å². The summed E-state index contributed by atoms with van der Waals surface area (Å²) in [6.07, 6.45) is 9.60. The summed E-state index contributed by atoms with van der Waals surface area (Å²) in [5, 5.41) is 0. The molecule has 0 radical (unpaired) electrons. The summed E-state index contributed by atoms with van der Waals surface area (Å²) in [7, 11) is 0. The predicted octanol–water partition coefficient (Wildman–Crippen LogP) is 3.65. The molecular formula is C17H34N2. The molecule has 2 nitrogen and oxygen atoms in total. The summed E-state index contributed by atoms with van der Waals surface area (Å²) < 4.78 is 0. The fraction of sp³-hybridized carbons (Fsp3) is 1.00. The van der Waals surface area contributed by atoms with Gasteiger partial charge in [0, 0.05) is 12.1 Å². The van der Waals surface area contributed by atoms with Gasteiger partial charge in [0.25, 0.3) is 0 Å². The quantitative estimate of drug-likeness (QED) is 0.845. The second kappa shape index (κ2) is 6.58. The van der Waals surface area contributed by atoms with Crippen molar-refractivity contribution in [1.29, 1.82) is 0 Å². The summed E-state index contributed by atoms with van der Waals surface area (Å²) in [5.41, 5.74) is 6.59. The van der Waals surface area contributed by atoms with Gasteiger partial charge in [0.15, 0.2) is 0 Å². The molecule has 2 fully saturated rings. The molecule has 1 aliphatic heterocycles. The Morgan fingerprint density at radius 3 is 2.37 bits per heavy atom. The van der Waals surface area contributed by atoms with Crippen LogP contribution < -0.4 is 5.73 Å². The molecule has 19 heavy (non-hydrogen) atoms. The fourth-order valence-electron chi connectivity index (χ4n) is 4.84. The first-order valence-electron chi connectivity index (χ1n) is 8.54. The number of hydrogen-bond acceptors (Lipinski definition) is 2. The van der Waals surface area contributed by atoms with Crippen LogP contribution in [-0.2, 0) is 0 Å². The van der Waals surface area contributed by atoms with Crippen molar-refractivity contribution in [3.63, 3.8) is 0 Å². The lowest BCUT2D eigenvalue weighted by atomic mass is 9.70. The van der Waals surface area contributed by atoms with Crippen molar-refractivity contribution in [2.75, 3.05) is 19.6 Å². The summed E-state index contributed by atoms with van der Waals surface area (Å²) in [4.78, 5) is 2.79. The van der Waals surface area contributed by atoms with Gasteiger partial charge in [-0.1, -0.05) is 27.2 Å². The van der Waals surface area contributed by atoms with E-state index in [1.54, 1.807) is 0 Å². The molecule has 2 aliphatic rings. The maximum Gasteiger partial charge on any atom is 0.0336 e. The Morgan fingerprint density at radius 2 is 1.79 bits per heavy atom. The molecule has 0 spiro atoms. The molecular weight excluding hydrogens is 232 g/mol. The Morgan fingerprint density at radius 1 is 1.11 bits per heavy atom. The number of hydrogen-bond donors (Lipinski definition) is 1. The third kappa shape index (κ3) is 3.52. The molecule has 1 heterocycles. The van der Waals surface area contributed by atoms with Gasteiger partial charge >= 0.3 is 0 Å². The van der Waals surface area contributed by atoms with Gasteiger partial charge in [-0.25, -0.2) is 0 Å². The zero-order valence-corrected chi connectivity index (χ0v) is 13.3. The molecule has 0 amide bonds. The van der Waals surface area contributed by atoms with Crippen molar-refractivity contribution in [3.8, 4) is 0 Å². The first kappa shape index (κ1) is 15.3. The zero-order chi connectivity index (χ0) is 13.9. The van der Waals surface area contributed by atoms with Crippen LogP contribution in [0.5, 0.6) is 0 Å². The van der Waals surface area contributed by atoms with Crippen molar-refractivity contribution < 1.29 is 0 Å². The lowest BCUT2D eigenvalue weighted by Crippen LogP contribution is -2.57. The Balaban J connectivity index is 2.07. The van der Waals surface area contributed by atoms with Gasteiger partial charge in [-0.2, -0.15) is 0 Å². The third-order valence-corrected chi connectivity index (χ3v) is 5.74. The highest BCUT2D eigenvalue weighted by Gasteiger charge is 2.41. The fourth-order valence-corrected chi connectivity index (χ4v) is 4.84. The van der Waals surface area contributed by atoms with Crippen molar-refractivity contribution in [3.05, 3.63) is 0 Å². The van der Waals surface area contributed by atoms with Crippen LogP contribution in [0.1, 0.15) is 65.7 Å². The molecule has 0 aromatic heterocycles. The minimum Gasteiger partial charge on any atom is -0.329 e. The van der Waals surface area contributed by atoms with Crippen molar-refractivity contribution >= 4 is 0 Å². The van der Waals surface area contributed by atoms with Gasteiger partial charge in [-0.15, -0.1) is 0 Å². The lowest BCUT2D eigenvalue weighted by Gasteiger charge is -2.49. The van der Waals surface area contributed by atoms with Crippen LogP contribution >= 0.6 is 0 Å². The normalized spacial score (nSPS) is 42.0. The average Bonchev–Trinajstić information content (AvgIpc) is 2.63. The van der Waals surface area contributed by atoms with E-state index >= 15 is 0 Å². The highest BCUT2D eigenvalue weighted by Crippen LogP contribution is 2.40. The van der Waals surface area contributed by atoms with E-state index in [-0.39, 0.29) is 0 Å². The highest BCUT2D eigenvalue weighted by molar-refractivity contribution is 4.98. The van der Waals surface area contributed by atoms with E-state index in [1.165, 1.54) is 58.0 Å². The van der Waals surface area contributed by atoms with Crippen LogP contribution in [0.25, 0.3) is 0 Å². The molecule has 0 aromatic carbocycles. The SMILES string of the molecule is CCC1CCCN(C2(CN)CC(C)CC(C)C2)CC1. The molecule has 112 valence electrons. The molecule has 1 saturated heterocycles. The van der Waals surface area contributed by atoms with E-state index in [9.17, 15) is 0 Å². The van der Waals surface area contributed by atoms with Crippen LogP contribution in [0.4, 0.5) is 0 Å². The number of likely N-dealkylation sites (tertiary alicyclic amines) is 1. The van der Waals surface area contributed by atoms with E-state index in [1.807, 2.05) is 0 Å². The van der Waals surface area contributed by atoms with E-state index in [4.69, 9.17) is 5.73 Å². The molecule has 0 aromatic rings. The van der Waals surface area contributed by atoms with Crippen molar-refractivity contribution in [1.82, 2.24) is 4.90 Å². The second-order valence-corrected chi connectivity index (χ2v) is 7.47. The van der Waals surface area contributed by atoms with Crippen molar-refractivity contribution in [2.24, 2.45) is 23.5 Å². The second-order valence-electron chi connectivity index (χ2n) is 7.47. The molecule has 2 rings (SSSR count). The lowest BCUT2D eigenvalue weighted by molar-refractivity contribution is 0.0210. The predicted molar refractivity (Wildman–Crippen MR) is 83.2 cm³/mol. The topological polar surface area (TPSA) is 29.3 Å². The van der Waals surface area contributed by atoms with Crippen LogP contribution in [0, 0.1) is 17.8 Å². The average molecular weight is 266 g/mol. The first-order chi connectivity index (χ1) is 9.09. The summed E-state index contributed by atoms with van der Waals surface area (Å²) in [5.74, 6) is 2.65. The van der Waals surface area contributed by atoms with Gasteiger partial charge in [0.2, 0.25) is 0 Å². The summed E-state index contributed by atoms with van der Waals surface area (Å²) in [6.45, 7) is 10.6. The van der Waals surface area contributed by atoms with Crippen molar-refractivity contribution in [2.45, 2.75) is 71.3 Å². The summed E-state index contributed by atoms with van der Waals surface area (Å²) >= 11 is 0. The zero-order valence-electron chi connectivity index (χ0n) is 13.3. The molecule has 2 heteroatoms. The van der Waals surface area contributed by atoms with Gasteiger partial charge in [0.1, 0.15) is 0 Å². The molecule has 2 N–H and O–H groups in total. The number of nitrogens with zero attached hydrogens (tertiary/aromatic N) is 1.